The van der Waals surface area contributed by atoms with Gasteiger partial charge in [0.25, 0.3) is 0 Å². The Morgan fingerprint density at radius 1 is 1.30 bits per heavy atom. The number of halogens is 3. The van der Waals surface area contributed by atoms with Crippen molar-refractivity contribution in [1.29, 1.82) is 0 Å². The summed E-state index contributed by atoms with van der Waals surface area (Å²) >= 11 is 0. The van der Waals surface area contributed by atoms with Crippen molar-refractivity contribution in [2.75, 3.05) is 24.7 Å². The van der Waals surface area contributed by atoms with E-state index in [1.54, 1.807) is 0 Å². The van der Waals surface area contributed by atoms with E-state index in [-0.39, 0.29) is 36.4 Å². The van der Waals surface area contributed by atoms with Crippen LogP contribution >= 0.6 is 0 Å². The molecular formula is C18H22F3N3O3. The van der Waals surface area contributed by atoms with Gasteiger partial charge in [-0.1, -0.05) is 6.07 Å². The Bertz CT molecular complexity index is 705. The van der Waals surface area contributed by atoms with Gasteiger partial charge in [0.15, 0.2) is 0 Å². The predicted molar refractivity (Wildman–Crippen MR) is 91.9 cm³/mol. The number of amides is 2. The van der Waals surface area contributed by atoms with Crippen molar-refractivity contribution in [3.05, 3.63) is 29.8 Å². The maximum Gasteiger partial charge on any atom is 0.416 e. The standard InChI is InChI=1S/C18H22F3N3O3/c19-18(20,21)12-2-1-3-14(8-12)24-10-13(9-15(24)25)23-17(26)16(22)11-4-6-27-7-5-11/h1-3,8,11,13,16H,4-7,9-10,22H2,(H,23,26). The number of anilines is 1. The van der Waals surface area contributed by atoms with Gasteiger partial charge in [0.1, 0.15) is 0 Å². The number of nitrogens with zero attached hydrogens (tertiary/aromatic N) is 1. The summed E-state index contributed by atoms with van der Waals surface area (Å²) in [5.41, 5.74) is 5.38. The second-order valence-electron chi connectivity index (χ2n) is 6.94. The number of nitrogens with two attached hydrogens (primary N) is 1. The zero-order valence-corrected chi connectivity index (χ0v) is 14.7. The molecule has 0 aliphatic carbocycles. The van der Waals surface area contributed by atoms with Crippen LogP contribution in [0.2, 0.25) is 0 Å². The predicted octanol–water partition coefficient (Wildman–Crippen LogP) is 1.68. The van der Waals surface area contributed by atoms with Crippen molar-refractivity contribution in [3.63, 3.8) is 0 Å². The molecule has 2 heterocycles. The van der Waals surface area contributed by atoms with Crippen molar-refractivity contribution >= 4 is 17.5 Å². The van der Waals surface area contributed by atoms with E-state index in [9.17, 15) is 22.8 Å². The average molecular weight is 385 g/mol. The minimum Gasteiger partial charge on any atom is -0.381 e. The molecule has 0 spiro atoms. The van der Waals surface area contributed by atoms with Crippen LogP contribution in [0.3, 0.4) is 0 Å². The van der Waals surface area contributed by atoms with Crippen molar-refractivity contribution in [1.82, 2.24) is 5.32 Å². The summed E-state index contributed by atoms with van der Waals surface area (Å²) in [7, 11) is 0. The third-order valence-electron chi connectivity index (χ3n) is 5.03. The van der Waals surface area contributed by atoms with Gasteiger partial charge < -0.3 is 20.7 Å². The molecule has 1 aromatic carbocycles. The fraction of sp³-hybridized carbons (Fsp3) is 0.556. The molecule has 2 amide bonds. The normalized spacial score (nSPS) is 22.7. The fourth-order valence-corrected chi connectivity index (χ4v) is 3.49. The minimum absolute atomic E-state index is 0.0235. The second kappa shape index (κ2) is 7.85. The van der Waals surface area contributed by atoms with E-state index in [2.05, 4.69) is 5.32 Å². The van der Waals surface area contributed by atoms with Crippen LogP contribution in [0.4, 0.5) is 18.9 Å². The summed E-state index contributed by atoms with van der Waals surface area (Å²) in [6.45, 7) is 1.25. The third-order valence-corrected chi connectivity index (χ3v) is 5.03. The number of rotatable bonds is 4. The number of carbonyl (C=O) groups excluding carboxylic acids is 2. The van der Waals surface area contributed by atoms with Crippen LogP contribution in [-0.2, 0) is 20.5 Å². The largest absolute Gasteiger partial charge is 0.416 e. The molecule has 6 nitrogen and oxygen atoms in total. The monoisotopic (exact) mass is 385 g/mol. The number of nitrogens with one attached hydrogen (secondary N) is 1. The van der Waals surface area contributed by atoms with E-state index in [0.717, 1.165) is 12.1 Å². The third kappa shape index (κ3) is 4.59. The molecule has 3 rings (SSSR count). The molecule has 9 heteroatoms. The van der Waals surface area contributed by atoms with Crippen LogP contribution in [0, 0.1) is 5.92 Å². The molecule has 0 saturated carbocycles. The number of ether oxygens (including phenoxy) is 1. The van der Waals surface area contributed by atoms with Gasteiger partial charge in [0.2, 0.25) is 11.8 Å². The lowest BCUT2D eigenvalue weighted by atomic mass is 9.91. The second-order valence-corrected chi connectivity index (χ2v) is 6.94. The molecule has 148 valence electrons. The number of alkyl halides is 3. The summed E-state index contributed by atoms with van der Waals surface area (Å²) in [4.78, 5) is 25.9. The van der Waals surface area contributed by atoms with E-state index < -0.39 is 23.8 Å². The lowest BCUT2D eigenvalue weighted by Gasteiger charge is -2.27. The Balaban J connectivity index is 1.63. The summed E-state index contributed by atoms with van der Waals surface area (Å²) in [6, 6.07) is 3.44. The quantitative estimate of drug-likeness (QED) is 0.826. The maximum atomic E-state index is 12.9. The Labute approximate surface area is 154 Å². The highest BCUT2D eigenvalue weighted by atomic mass is 19.4. The summed E-state index contributed by atoms with van der Waals surface area (Å²) in [6.07, 6.45) is -3.05. The highest BCUT2D eigenvalue weighted by molar-refractivity contribution is 5.97. The van der Waals surface area contributed by atoms with Crippen molar-refractivity contribution < 1.29 is 27.5 Å². The molecule has 2 aliphatic rings. The molecule has 0 bridgehead atoms. The summed E-state index contributed by atoms with van der Waals surface area (Å²) < 4.78 is 43.9. The molecule has 2 saturated heterocycles. The van der Waals surface area contributed by atoms with Gasteiger partial charge in [-0.05, 0) is 37.0 Å². The first-order valence-electron chi connectivity index (χ1n) is 8.87. The SMILES string of the molecule is NC(C(=O)NC1CC(=O)N(c2cccc(C(F)(F)F)c2)C1)C1CCOCC1. The first kappa shape index (κ1) is 19.6. The molecule has 27 heavy (non-hydrogen) atoms. The molecule has 0 radical (unpaired) electrons. The van der Waals surface area contributed by atoms with Crippen molar-refractivity contribution in [2.24, 2.45) is 11.7 Å². The highest BCUT2D eigenvalue weighted by Gasteiger charge is 2.36. The van der Waals surface area contributed by atoms with Crippen molar-refractivity contribution in [2.45, 2.75) is 37.5 Å². The smallest absolute Gasteiger partial charge is 0.381 e. The first-order valence-corrected chi connectivity index (χ1v) is 8.87. The van der Waals surface area contributed by atoms with E-state index >= 15 is 0 Å². The van der Waals surface area contributed by atoms with Gasteiger partial charge in [0.05, 0.1) is 17.6 Å². The van der Waals surface area contributed by atoms with Gasteiger partial charge >= 0.3 is 6.18 Å². The zero-order chi connectivity index (χ0) is 19.6. The number of benzene rings is 1. The van der Waals surface area contributed by atoms with Crippen LogP contribution in [0.5, 0.6) is 0 Å². The Morgan fingerprint density at radius 2 is 2.00 bits per heavy atom. The summed E-state index contributed by atoms with van der Waals surface area (Å²) in [5, 5.41) is 2.76. The number of hydrogen-bond donors (Lipinski definition) is 2. The Hall–Kier alpha value is -2.13. The topological polar surface area (TPSA) is 84.7 Å². The van der Waals surface area contributed by atoms with Gasteiger partial charge in [-0.3, -0.25) is 9.59 Å². The molecule has 2 aliphatic heterocycles. The Kier molecular flexibility index (Phi) is 5.71. The molecule has 0 aromatic heterocycles. The van der Waals surface area contributed by atoms with Crippen LogP contribution in [0.25, 0.3) is 0 Å². The molecule has 2 atom stereocenters. The minimum atomic E-state index is -4.48. The van der Waals surface area contributed by atoms with Crippen LogP contribution < -0.4 is 16.0 Å². The lowest BCUT2D eigenvalue weighted by molar-refractivity contribution is -0.137. The molecule has 2 unspecified atom stereocenters. The van der Waals surface area contributed by atoms with Crippen LogP contribution in [0.15, 0.2) is 24.3 Å². The van der Waals surface area contributed by atoms with E-state index in [1.165, 1.54) is 17.0 Å². The van der Waals surface area contributed by atoms with E-state index in [0.29, 0.717) is 26.1 Å². The maximum absolute atomic E-state index is 12.9. The summed E-state index contributed by atoms with van der Waals surface area (Å²) in [5.74, 6) is -0.653. The Morgan fingerprint density at radius 3 is 2.67 bits per heavy atom. The fourth-order valence-electron chi connectivity index (χ4n) is 3.49. The van der Waals surface area contributed by atoms with Gasteiger partial charge in [-0.2, -0.15) is 13.2 Å². The van der Waals surface area contributed by atoms with Gasteiger partial charge in [0, 0.05) is 31.9 Å². The number of hydrogen-bond acceptors (Lipinski definition) is 4. The van der Waals surface area contributed by atoms with Gasteiger partial charge in [-0.15, -0.1) is 0 Å². The molecule has 2 fully saturated rings. The molecular weight excluding hydrogens is 363 g/mol. The highest BCUT2D eigenvalue weighted by Crippen LogP contribution is 2.32. The zero-order valence-electron chi connectivity index (χ0n) is 14.7. The van der Waals surface area contributed by atoms with Gasteiger partial charge in [-0.25, -0.2) is 0 Å². The van der Waals surface area contributed by atoms with Crippen LogP contribution in [0.1, 0.15) is 24.8 Å². The molecule has 3 N–H and O–H groups in total. The van der Waals surface area contributed by atoms with E-state index in [4.69, 9.17) is 10.5 Å². The van der Waals surface area contributed by atoms with E-state index in [1.807, 2.05) is 0 Å². The van der Waals surface area contributed by atoms with Crippen molar-refractivity contribution in [3.8, 4) is 0 Å². The van der Waals surface area contributed by atoms with Crippen LogP contribution in [-0.4, -0.2) is 43.7 Å². The average Bonchev–Trinajstić information content (AvgIpc) is 3.01. The lowest BCUT2D eigenvalue weighted by Crippen LogP contribution is -2.50. The molecule has 1 aromatic rings. The number of carbonyl (C=O) groups is 2. The first-order chi connectivity index (χ1) is 12.8.